The maximum Gasteiger partial charge on any atom is 0.126 e. The van der Waals surface area contributed by atoms with Crippen LogP contribution in [0.25, 0.3) is 0 Å². The molecular weight excluding hydrogens is 259 g/mol. The van der Waals surface area contributed by atoms with Gasteiger partial charge in [-0.3, -0.25) is 0 Å². The Kier molecular flexibility index (Phi) is 3.82. The molecule has 0 amide bonds. The Morgan fingerprint density at radius 3 is 2.71 bits per heavy atom. The van der Waals surface area contributed by atoms with Crippen LogP contribution in [0.1, 0.15) is 22.1 Å². The quantitative estimate of drug-likeness (QED) is 0.889. The van der Waals surface area contributed by atoms with Crippen LogP contribution in [0.4, 0.5) is 4.39 Å². The summed E-state index contributed by atoms with van der Waals surface area (Å²) in [5.41, 5.74) is 1.18. The van der Waals surface area contributed by atoms with Crippen molar-refractivity contribution in [3.05, 3.63) is 56.5 Å². The second-order valence-electron chi connectivity index (χ2n) is 3.93. The molecule has 0 saturated heterocycles. The molecule has 0 bridgehead atoms. The maximum absolute atomic E-state index is 13.4. The van der Waals surface area contributed by atoms with Crippen LogP contribution in [0.2, 0.25) is 4.34 Å². The number of hydrogen-bond acceptors (Lipinski definition) is 2. The summed E-state index contributed by atoms with van der Waals surface area (Å²) in [4.78, 5) is 0.989. The zero-order valence-corrected chi connectivity index (χ0v) is 10.9. The molecule has 1 N–H and O–H groups in total. The van der Waals surface area contributed by atoms with Crippen molar-refractivity contribution in [1.82, 2.24) is 0 Å². The van der Waals surface area contributed by atoms with E-state index in [1.807, 2.05) is 6.07 Å². The predicted octanol–water partition coefficient (Wildman–Crippen LogP) is 4.13. The molecule has 1 unspecified atom stereocenters. The number of aliphatic hydroxyl groups excluding tert-OH is 1. The van der Waals surface area contributed by atoms with E-state index in [1.54, 1.807) is 25.1 Å². The van der Waals surface area contributed by atoms with E-state index >= 15 is 0 Å². The number of aryl methyl sites for hydroxylation is 1. The maximum atomic E-state index is 13.4. The van der Waals surface area contributed by atoms with Gasteiger partial charge in [-0.05, 0) is 36.2 Å². The number of halogens is 2. The van der Waals surface area contributed by atoms with Crippen molar-refractivity contribution >= 4 is 22.9 Å². The summed E-state index contributed by atoms with van der Waals surface area (Å²) in [5.74, 6) is -0.286. The standard InChI is InChI=1S/C13H12ClFOS/c1-8-2-3-9(6-11(8)15)12(16)7-10-4-5-13(14)17-10/h2-6,12,16H,7H2,1H3. The van der Waals surface area contributed by atoms with Gasteiger partial charge in [-0.25, -0.2) is 4.39 Å². The molecule has 0 spiro atoms. The molecule has 2 rings (SSSR count). The van der Waals surface area contributed by atoms with E-state index < -0.39 is 6.10 Å². The average Bonchev–Trinajstić information content (AvgIpc) is 2.68. The van der Waals surface area contributed by atoms with Crippen LogP contribution in [-0.2, 0) is 6.42 Å². The topological polar surface area (TPSA) is 20.2 Å². The number of thiophene rings is 1. The van der Waals surface area contributed by atoms with E-state index in [-0.39, 0.29) is 5.82 Å². The van der Waals surface area contributed by atoms with Gasteiger partial charge in [-0.2, -0.15) is 0 Å². The molecule has 0 aliphatic carbocycles. The fraction of sp³-hybridized carbons (Fsp3) is 0.231. The van der Waals surface area contributed by atoms with Crippen molar-refractivity contribution < 1.29 is 9.50 Å². The van der Waals surface area contributed by atoms with E-state index in [0.717, 1.165) is 4.88 Å². The number of benzene rings is 1. The Bertz CT molecular complexity index is 524. The third kappa shape index (κ3) is 3.06. The molecule has 1 atom stereocenters. The minimum absolute atomic E-state index is 0.286. The van der Waals surface area contributed by atoms with Gasteiger partial charge >= 0.3 is 0 Å². The molecule has 0 saturated carbocycles. The SMILES string of the molecule is Cc1ccc(C(O)Cc2ccc(Cl)s2)cc1F. The van der Waals surface area contributed by atoms with Gasteiger partial charge in [-0.15, -0.1) is 11.3 Å². The van der Waals surface area contributed by atoms with Crippen molar-refractivity contribution in [2.75, 3.05) is 0 Å². The lowest BCUT2D eigenvalue weighted by Gasteiger charge is -2.10. The van der Waals surface area contributed by atoms with Gasteiger partial charge in [0.2, 0.25) is 0 Å². The molecule has 0 fully saturated rings. The smallest absolute Gasteiger partial charge is 0.126 e. The van der Waals surface area contributed by atoms with Crippen LogP contribution in [0.15, 0.2) is 30.3 Å². The van der Waals surface area contributed by atoms with Gasteiger partial charge < -0.3 is 5.11 Å². The van der Waals surface area contributed by atoms with Gasteiger partial charge in [0.05, 0.1) is 10.4 Å². The van der Waals surface area contributed by atoms with Crippen molar-refractivity contribution in [2.45, 2.75) is 19.4 Å². The lowest BCUT2D eigenvalue weighted by Crippen LogP contribution is -2.01. The molecule has 1 heterocycles. The van der Waals surface area contributed by atoms with Gasteiger partial charge in [0.1, 0.15) is 5.82 Å². The first-order chi connectivity index (χ1) is 8.06. The summed E-state index contributed by atoms with van der Waals surface area (Å²) < 4.78 is 14.0. The van der Waals surface area contributed by atoms with Crippen molar-refractivity contribution in [1.29, 1.82) is 0 Å². The molecule has 17 heavy (non-hydrogen) atoms. The van der Waals surface area contributed by atoms with Gasteiger partial charge in [-0.1, -0.05) is 23.7 Å². The lowest BCUT2D eigenvalue weighted by molar-refractivity contribution is 0.179. The highest BCUT2D eigenvalue weighted by Crippen LogP contribution is 2.27. The molecule has 0 aliphatic heterocycles. The van der Waals surface area contributed by atoms with E-state index in [1.165, 1.54) is 17.4 Å². The van der Waals surface area contributed by atoms with Crippen LogP contribution in [0, 0.1) is 12.7 Å². The summed E-state index contributed by atoms with van der Waals surface area (Å²) in [6.07, 6.45) is -0.236. The number of hydrogen-bond donors (Lipinski definition) is 1. The molecule has 2 aromatic rings. The average molecular weight is 271 g/mol. The van der Waals surface area contributed by atoms with Crippen molar-refractivity contribution in [3.8, 4) is 0 Å². The minimum Gasteiger partial charge on any atom is -0.388 e. The van der Waals surface area contributed by atoms with Crippen LogP contribution < -0.4 is 0 Å². The summed E-state index contributed by atoms with van der Waals surface area (Å²) in [6, 6.07) is 8.48. The van der Waals surface area contributed by atoms with E-state index in [0.29, 0.717) is 21.9 Å². The van der Waals surface area contributed by atoms with Crippen LogP contribution in [-0.4, -0.2) is 5.11 Å². The highest BCUT2D eigenvalue weighted by Gasteiger charge is 2.11. The molecule has 90 valence electrons. The number of aliphatic hydroxyl groups is 1. The third-order valence-electron chi connectivity index (χ3n) is 2.60. The second kappa shape index (κ2) is 5.17. The van der Waals surface area contributed by atoms with E-state index in [2.05, 4.69) is 0 Å². The Morgan fingerprint density at radius 1 is 1.35 bits per heavy atom. The number of rotatable bonds is 3. The zero-order valence-electron chi connectivity index (χ0n) is 9.28. The van der Waals surface area contributed by atoms with E-state index in [9.17, 15) is 9.50 Å². The van der Waals surface area contributed by atoms with Gasteiger partial charge in [0.25, 0.3) is 0 Å². The molecule has 0 aliphatic rings. The first-order valence-electron chi connectivity index (χ1n) is 5.24. The van der Waals surface area contributed by atoms with E-state index in [4.69, 9.17) is 11.6 Å². The fourth-order valence-electron chi connectivity index (χ4n) is 1.59. The minimum atomic E-state index is -0.695. The highest BCUT2D eigenvalue weighted by molar-refractivity contribution is 7.16. The first-order valence-corrected chi connectivity index (χ1v) is 6.44. The first kappa shape index (κ1) is 12.6. The molecule has 1 aromatic carbocycles. The van der Waals surface area contributed by atoms with Crippen molar-refractivity contribution in [3.63, 3.8) is 0 Å². The summed E-state index contributed by atoms with van der Waals surface area (Å²) in [7, 11) is 0. The molecule has 1 aromatic heterocycles. The summed E-state index contributed by atoms with van der Waals surface area (Å²) >= 11 is 7.24. The van der Waals surface area contributed by atoms with Gasteiger partial charge in [0, 0.05) is 11.3 Å². The molecular formula is C13H12ClFOS. The predicted molar refractivity (Wildman–Crippen MR) is 69.1 cm³/mol. The monoisotopic (exact) mass is 270 g/mol. The fourth-order valence-corrected chi connectivity index (χ4v) is 2.71. The Hall–Kier alpha value is -0.900. The second-order valence-corrected chi connectivity index (χ2v) is 5.73. The lowest BCUT2D eigenvalue weighted by atomic mass is 10.0. The largest absolute Gasteiger partial charge is 0.388 e. The zero-order chi connectivity index (χ0) is 12.4. The molecule has 0 radical (unpaired) electrons. The van der Waals surface area contributed by atoms with Crippen LogP contribution in [0.3, 0.4) is 0 Å². The van der Waals surface area contributed by atoms with Crippen LogP contribution >= 0.6 is 22.9 Å². The van der Waals surface area contributed by atoms with Crippen LogP contribution in [0.5, 0.6) is 0 Å². The highest BCUT2D eigenvalue weighted by atomic mass is 35.5. The normalized spacial score (nSPS) is 12.7. The Morgan fingerprint density at radius 2 is 2.12 bits per heavy atom. The van der Waals surface area contributed by atoms with Gasteiger partial charge in [0.15, 0.2) is 0 Å². The summed E-state index contributed by atoms with van der Waals surface area (Å²) in [6.45, 7) is 1.70. The molecule has 4 heteroatoms. The third-order valence-corrected chi connectivity index (χ3v) is 3.86. The Balaban J connectivity index is 2.14. The Labute approximate surface area is 108 Å². The summed E-state index contributed by atoms with van der Waals surface area (Å²) in [5, 5.41) is 10.00. The molecule has 1 nitrogen and oxygen atoms in total. The van der Waals surface area contributed by atoms with Crippen molar-refractivity contribution in [2.24, 2.45) is 0 Å².